The first-order valence-corrected chi connectivity index (χ1v) is 9.38. The minimum Gasteiger partial charge on any atom is -0.338 e. The van der Waals surface area contributed by atoms with Gasteiger partial charge in [0, 0.05) is 24.3 Å². The summed E-state index contributed by atoms with van der Waals surface area (Å²) in [6, 6.07) is 15.7. The number of amides is 2. The molecule has 0 aliphatic carbocycles. The maximum atomic E-state index is 12.8. The Balaban J connectivity index is 1.55. The number of nitrogens with zero attached hydrogens (tertiary/aromatic N) is 2. The van der Waals surface area contributed by atoms with Gasteiger partial charge in [-0.1, -0.05) is 37.3 Å². The summed E-state index contributed by atoms with van der Waals surface area (Å²) in [5.74, 6) is 0.749. The fourth-order valence-electron chi connectivity index (χ4n) is 4.01. The van der Waals surface area contributed by atoms with Gasteiger partial charge in [-0.15, -0.1) is 0 Å². The van der Waals surface area contributed by atoms with E-state index in [9.17, 15) is 9.59 Å². The monoisotopic (exact) mass is 348 g/mol. The number of piperidine rings is 1. The van der Waals surface area contributed by atoms with Crippen LogP contribution >= 0.6 is 0 Å². The van der Waals surface area contributed by atoms with E-state index in [0.717, 1.165) is 36.3 Å². The van der Waals surface area contributed by atoms with Crippen molar-refractivity contribution in [1.82, 2.24) is 4.90 Å². The Kier molecular flexibility index (Phi) is 4.49. The molecule has 1 unspecified atom stereocenters. The Bertz CT molecular complexity index is 831. The summed E-state index contributed by atoms with van der Waals surface area (Å²) < 4.78 is 0. The normalized spacial score (nSPS) is 19.6. The Hall–Kier alpha value is -2.62. The second kappa shape index (κ2) is 6.94. The Morgan fingerprint density at radius 2 is 1.96 bits per heavy atom. The van der Waals surface area contributed by atoms with Crippen LogP contribution in [0.25, 0.3) is 0 Å². The smallest absolute Gasteiger partial charge is 0.253 e. The number of rotatable bonds is 3. The lowest BCUT2D eigenvalue weighted by Crippen LogP contribution is -2.39. The third kappa shape index (κ3) is 3.24. The molecule has 2 aliphatic rings. The van der Waals surface area contributed by atoms with Crippen molar-refractivity contribution in [3.63, 3.8) is 0 Å². The van der Waals surface area contributed by atoms with Gasteiger partial charge in [0.15, 0.2) is 0 Å². The first kappa shape index (κ1) is 16.8. The summed E-state index contributed by atoms with van der Waals surface area (Å²) in [6.45, 7) is 4.43. The summed E-state index contributed by atoms with van der Waals surface area (Å²) in [7, 11) is 0. The Morgan fingerprint density at radius 3 is 2.73 bits per heavy atom. The lowest BCUT2D eigenvalue weighted by molar-refractivity contribution is -0.117. The summed E-state index contributed by atoms with van der Waals surface area (Å²) in [4.78, 5) is 29.1. The third-order valence-corrected chi connectivity index (χ3v) is 5.39. The lowest BCUT2D eigenvalue weighted by atomic mass is 9.99. The third-order valence-electron chi connectivity index (χ3n) is 5.39. The lowest BCUT2D eigenvalue weighted by Gasteiger charge is -2.31. The highest BCUT2D eigenvalue weighted by atomic mass is 16.2. The molecule has 2 aliphatic heterocycles. The van der Waals surface area contributed by atoms with Crippen LogP contribution in [0, 0.1) is 5.92 Å². The van der Waals surface area contributed by atoms with Crippen molar-refractivity contribution in [2.75, 3.05) is 18.0 Å². The molecule has 2 amide bonds. The zero-order valence-corrected chi connectivity index (χ0v) is 15.1. The quantitative estimate of drug-likeness (QED) is 0.849. The molecule has 2 aromatic carbocycles. The van der Waals surface area contributed by atoms with Gasteiger partial charge in [-0.2, -0.15) is 0 Å². The van der Waals surface area contributed by atoms with E-state index in [2.05, 4.69) is 6.92 Å². The highest BCUT2D eigenvalue weighted by Gasteiger charge is 2.29. The second-order valence-electron chi connectivity index (χ2n) is 7.48. The number of carbonyl (C=O) groups is 2. The molecule has 0 radical (unpaired) electrons. The van der Waals surface area contributed by atoms with Gasteiger partial charge in [-0.25, -0.2) is 0 Å². The standard InChI is InChI=1S/C22H24N2O2/c1-16-6-5-11-23(14-16)22(26)18-9-10-20-19(12-18)13-21(25)24(20)15-17-7-3-2-4-8-17/h2-4,7-10,12,16H,5-6,11,13-15H2,1H3. The molecule has 4 rings (SSSR count). The minimum absolute atomic E-state index is 0.0910. The van der Waals surface area contributed by atoms with Crippen LogP contribution in [-0.2, 0) is 17.8 Å². The van der Waals surface area contributed by atoms with E-state index in [-0.39, 0.29) is 11.8 Å². The van der Waals surface area contributed by atoms with E-state index in [1.807, 2.05) is 58.3 Å². The molecular weight excluding hydrogens is 324 g/mol. The van der Waals surface area contributed by atoms with Crippen molar-refractivity contribution in [2.24, 2.45) is 5.92 Å². The Labute approximate surface area is 154 Å². The molecule has 2 aromatic rings. The summed E-state index contributed by atoms with van der Waals surface area (Å²) in [6.07, 6.45) is 2.64. The summed E-state index contributed by atoms with van der Waals surface area (Å²) >= 11 is 0. The Morgan fingerprint density at radius 1 is 1.15 bits per heavy atom. The fourth-order valence-corrected chi connectivity index (χ4v) is 4.01. The van der Waals surface area contributed by atoms with Crippen LogP contribution in [0.1, 0.15) is 41.3 Å². The molecule has 26 heavy (non-hydrogen) atoms. The molecule has 1 atom stereocenters. The van der Waals surface area contributed by atoms with Crippen LogP contribution in [-0.4, -0.2) is 29.8 Å². The average Bonchev–Trinajstić information content (AvgIpc) is 2.96. The van der Waals surface area contributed by atoms with Gasteiger partial charge in [0.2, 0.25) is 5.91 Å². The fraction of sp³-hybridized carbons (Fsp3) is 0.364. The van der Waals surface area contributed by atoms with Gasteiger partial charge in [-0.3, -0.25) is 9.59 Å². The predicted octanol–water partition coefficient (Wildman–Crippen LogP) is 3.65. The van der Waals surface area contributed by atoms with E-state index in [0.29, 0.717) is 24.4 Å². The van der Waals surface area contributed by atoms with Crippen LogP contribution in [0.4, 0.5) is 5.69 Å². The molecule has 0 bridgehead atoms. The van der Waals surface area contributed by atoms with Gasteiger partial charge in [-0.05, 0) is 48.1 Å². The molecule has 1 saturated heterocycles. The molecule has 134 valence electrons. The van der Waals surface area contributed by atoms with Gasteiger partial charge in [0.25, 0.3) is 5.91 Å². The zero-order chi connectivity index (χ0) is 18.1. The number of anilines is 1. The minimum atomic E-state index is 0.0910. The molecular formula is C22H24N2O2. The van der Waals surface area contributed by atoms with Crippen molar-refractivity contribution in [3.05, 3.63) is 65.2 Å². The topological polar surface area (TPSA) is 40.6 Å². The van der Waals surface area contributed by atoms with Crippen molar-refractivity contribution in [1.29, 1.82) is 0 Å². The molecule has 1 fully saturated rings. The highest BCUT2D eigenvalue weighted by Crippen LogP contribution is 2.31. The van der Waals surface area contributed by atoms with Gasteiger partial charge in [0.1, 0.15) is 0 Å². The number of benzene rings is 2. The van der Waals surface area contributed by atoms with Gasteiger partial charge in [0.05, 0.1) is 13.0 Å². The maximum absolute atomic E-state index is 12.8. The van der Waals surface area contributed by atoms with Crippen LogP contribution in [0.2, 0.25) is 0 Å². The number of carbonyl (C=O) groups excluding carboxylic acids is 2. The highest BCUT2D eigenvalue weighted by molar-refractivity contribution is 6.03. The van der Waals surface area contributed by atoms with Crippen molar-refractivity contribution in [3.8, 4) is 0 Å². The average molecular weight is 348 g/mol. The predicted molar refractivity (Wildman–Crippen MR) is 102 cm³/mol. The van der Waals surface area contributed by atoms with E-state index in [1.165, 1.54) is 6.42 Å². The summed E-state index contributed by atoms with van der Waals surface area (Å²) in [5.41, 5.74) is 3.70. The van der Waals surface area contributed by atoms with Crippen LogP contribution < -0.4 is 4.90 Å². The SMILES string of the molecule is CC1CCCN(C(=O)c2ccc3c(c2)CC(=O)N3Cc2ccccc2)C1. The van der Waals surface area contributed by atoms with Crippen LogP contribution in [0.5, 0.6) is 0 Å². The van der Waals surface area contributed by atoms with Gasteiger partial charge < -0.3 is 9.80 Å². The van der Waals surface area contributed by atoms with Crippen molar-refractivity contribution in [2.45, 2.75) is 32.7 Å². The molecule has 0 spiro atoms. The molecule has 0 saturated carbocycles. The number of likely N-dealkylation sites (tertiary alicyclic amines) is 1. The largest absolute Gasteiger partial charge is 0.338 e. The van der Waals surface area contributed by atoms with Crippen molar-refractivity contribution >= 4 is 17.5 Å². The first-order chi connectivity index (χ1) is 12.6. The zero-order valence-electron chi connectivity index (χ0n) is 15.1. The van der Waals surface area contributed by atoms with Crippen molar-refractivity contribution < 1.29 is 9.59 Å². The molecule has 2 heterocycles. The number of fused-ring (bicyclic) bond motifs is 1. The van der Waals surface area contributed by atoms with E-state index < -0.39 is 0 Å². The molecule has 0 aromatic heterocycles. The molecule has 4 heteroatoms. The van der Waals surface area contributed by atoms with Gasteiger partial charge >= 0.3 is 0 Å². The molecule has 4 nitrogen and oxygen atoms in total. The first-order valence-electron chi connectivity index (χ1n) is 9.38. The van der Waals surface area contributed by atoms with E-state index in [4.69, 9.17) is 0 Å². The van der Waals surface area contributed by atoms with Crippen LogP contribution in [0.3, 0.4) is 0 Å². The number of hydrogen-bond donors (Lipinski definition) is 0. The second-order valence-corrected chi connectivity index (χ2v) is 7.48. The van der Waals surface area contributed by atoms with E-state index in [1.54, 1.807) is 0 Å². The number of hydrogen-bond acceptors (Lipinski definition) is 2. The van der Waals surface area contributed by atoms with E-state index >= 15 is 0 Å². The van der Waals surface area contributed by atoms with Crippen LogP contribution in [0.15, 0.2) is 48.5 Å². The maximum Gasteiger partial charge on any atom is 0.253 e. The summed E-state index contributed by atoms with van der Waals surface area (Å²) in [5, 5.41) is 0. The molecule has 0 N–H and O–H groups in total.